The highest BCUT2D eigenvalue weighted by Gasteiger charge is 2.13. The minimum absolute atomic E-state index is 0.985. The number of rotatable bonds is 2. The van der Waals surface area contributed by atoms with E-state index in [2.05, 4.69) is 62.1 Å². The Kier molecular flexibility index (Phi) is 2.66. The lowest BCUT2D eigenvalue weighted by Gasteiger charge is -2.15. The van der Waals surface area contributed by atoms with Crippen LogP contribution in [0, 0.1) is 0 Å². The van der Waals surface area contributed by atoms with Crippen LogP contribution < -0.4 is 0 Å². The molecule has 0 aliphatic rings. The van der Waals surface area contributed by atoms with Crippen LogP contribution in [0.1, 0.15) is 5.56 Å². The first kappa shape index (κ1) is 10.4. The van der Waals surface area contributed by atoms with E-state index in [9.17, 15) is 0 Å². The van der Waals surface area contributed by atoms with E-state index in [1.54, 1.807) is 0 Å². The molecule has 2 aromatic carbocycles. The highest BCUT2D eigenvalue weighted by atomic mass is 28.3. The van der Waals surface area contributed by atoms with E-state index in [-0.39, 0.29) is 0 Å². The second kappa shape index (κ2) is 3.82. The first-order valence-corrected chi connectivity index (χ1v) is 9.23. The van der Waals surface area contributed by atoms with Crippen LogP contribution in [0.4, 0.5) is 0 Å². The highest BCUT2D eigenvalue weighted by molar-refractivity contribution is 6.75. The quantitative estimate of drug-likeness (QED) is 0.655. The molecule has 1 heteroatoms. The third kappa shape index (κ3) is 2.69. The molecule has 2 rings (SSSR count). The average molecular weight is 214 g/mol. The molecule has 0 aliphatic carbocycles. The maximum absolute atomic E-state index is 2.42. The van der Waals surface area contributed by atoms with Crippen molar-refractivity contribution < 1.29 is 0 Å². The minimum atomic E-state index is -0.985. The van der Waals surface area contributed by atoms with Crippen molar-refractivity contribution in [2.75, 3.05) is 0 Å². The molecule has 0 fully saturated rings. The first-order chi connectivity index (χ1) is 7.04. The van der Waals surface area contributed by atoms with Crippen molar-refractivity contribution in [2.24, 2.45) is 0 Å². The van der Waals surface area contributed by atoms with Gasteiger partial charge in [0.1, 0.15) is 0 Å². The Morgan fingerprint density at radius 3 is 2.20 bits per heavy atom. The summed E-state index contributed by atoms with van der Waals surface area (Å²) in [5.41, 5.74) is 1.49. The van der Waals surface area contributed by atoms with E-state index in [1.807, 2.05) is 0 Å². The Hall–Kier alpha value is -1.08. The molecule has 0 spiro atoms. The van der Waals surface area contributed by atoms with Crippen molar-refractivity contribution in [1.29, 1.82) is 0 Å². The highest BCUT2D eigenvalue weighted by Crippen LogP contribution is 2.18. The van der Waals surface area contributed by atoms with Gasteiger partial charge in [-0.3, -0.25) is 0 Å². The second-order valence-electron chi connectivity index (χ2n) is 5.42. The molecule has 78 valence electrons. The van der Waals surface area contributed by atoms with Gasteiger partial charge in [0.25, 0.3) is 0 Å². The molecule has 2 aromatic rings. The number of fused-ring (bicyclic) bond motifs is 1. The van der Waals surface area contributed by atoms with E-state index in [1.165, 1.54) is 22.4 Å². The summed E-state index contributed by atoms with van der Waals surface area (Å²) in [5.74, 6) is 0. The lowest BCUT2D eigenvalue weighted by molar-refractivity contribution is 1.32. The van der Waals surface area contributed by atoms with Gasteiger partial charge in [0.15, 0.2) is 0 Å². The summed E-state index contributed by atoms with van der Waals surface area (Å²) >= 11 is 0. The fourth-order valence-corrected chi connectivity index (χ4v) is 3.41. The normalized spacial score (nSPS) is 11.9. The van der Waals surface area contributed by atoms with Gasteiger partial charge in [0.05, 0.1) is 0 Å². The fourth-order valence-electron chi connectivity index (χ4n) is 1.96. The van der Waals surface area contributed by atoms with Crippen LogP contribution in [-0.2, 0) is 6.04 Å². The van der Waals surface area contributed by atoms with E-state index in [0.29, 0.717) is 0 Å². The standard InChI is InChI=1S/C14H18Si/c1-15(2,3)11-12-8-9-13-6-4-5-7-14(13)10-12/h4-10H,11H2,1-3H3. The monoisotopic (exact) mass is 214 g/mol. The molecule has 0 radical (unpaired) electrons. The summed E-state index contributed by atoms with van der Waals surface area (Å²) in [6, 6.07) is 16.7. The molecule has 0 aliphatic heterocycles. The van der Waals surface area contributed by atoms with Gasteiger partial charge in [-0.2, -0.15) is 0 Å². The molecule has 0 saturated heterocycles. The summed E-state index contributed by atoms with van der Waals surface area (Å²) in [4.78, 5) is 0. The predicted octanol–water partition coefficient (Wildman–Crippen LogP) is 4.26. The zero-order chi connectivity index (χ0) is 10.9. The summed E-state index contributed by atoms with van der Waals surface area (Å²) in [6.45, 7) is 7.26. The van der Waals surface area contributed by atoms with Gasteiger partial charge < -0.3 is 0 Å². The van der Waals surface area contributed by atoms with E-state index >= 15 is 0 Å². The van der Waals surface area contributed by atoms with Crippen LogP contribution in [0.15, 0.2) is 42.5 Å². The molecule has 0 aromatic heterocycles. The van der Waals surface area contributed by atoms with Gasteiger partial charge in [-0.15, -0.1) is 0 Å². The van der Waals surface area contributed by atoms with Gasteiger partial charge in [-0.05, 0) is 16.8 Å². The van der Waals surface area contributed by atoms with Crippen LogP contribution in [0.5, 0.6) is 0 Å². The van der Waals surface area contributed by atoms with Crippen molar-refractivity contribution in [2.45, 2.75) is 25.7 Å². The summed E-state index contributed by atoms with van der Waals surface area (Å²) in [7, 11) is -0.985. The third-order valence-corrected chi connectivity index (χ3v) is 4.02. The maximum Gasteiger partial charge on any atom is 0.0487 e. The largest absolute Gasteiger partial charge is 0.0693 e. The van der Waals surface area contributed by atoms with E-state index in [4.69, 9.17) is 0 Å². The van der Waals surface area contributed by atoms with E-state index < -0.39 is 8.07 Å². The zero-order valence-electron chi connectivity index (χ0n) is 9.75. The number of hydrogen-bond donors (Lipinski definition) is 0. The minimum Gasteiger partial charge on any atom is -0.0693 e. The molecule has 15 heavy (non-hydrogen) atoms. The summed E-state index contributed by atoms with van der Waals surface area (Å²) < 4.78 is 0. The van der Waals surface area contributed by atoms with Crippen LogP contribution >= 0.6 is 0 Å². The van der Waals surface area contributed by atoms with Gasteiger partial charge in [0, 0.05) is 8.07 Å². The van der Waals surface area contributed by atoms with Crippen LogP contribution in [-0.4, -0.2) is 8.07 Å². The second-order valence-corrected chi connectivity index (χ2v) is 10.9. The molecule has 0 bridgehead atoms. The van der Waals surface area contributed by atoms with Gasteiger partial charge in [-0.25, -0.2) is 0 Å². The predicted molar refractivity (Wildman–Crippen MR) is 71.0 cm³/mol. The molecule has 0 N–H and O–H groups in total. The maximum atomic E-state index is 2.42. The molecular weight excluding hydrogens is 196 g/mol. The number of benzene rings is 2. The molecule has 0 saturated carbocycles. The fraction of sp³-hybridized carbons (Fsp3) is 0.286. The summed E-state index contributed by atoms with van der Waals surface area (Å²) in [5, 5.41) is 2.71. The van der Waals surface area contributed by atoms with Crippen LogP contribution in [0.2, 0.25) is 19.6 Å². The third-order valence-electron chi connectivity index (χ3n) is 2.55. The molecule has 0 heterocycles. The molecule has 0 amide bonds. The Morgan fingerprint density at radius 2 is 1.53 bits per heavy atom. The SMILES string of the molecule is C[Si](C)(C)Cc1ccc2ccccc2c1. The zero-order valence-corrected chi connectivity index (χ0v) is 10.7. The van der Waals surface area contributed by atoms with Gasteiger partial charge in [0.2, 0.25) is 0 Å². The molecular formula is C14H18Si. The van der Waals surface area contributed by atoms with Crippen molar-refractivity contribution in [1.82, 2.24) is 0 Å². The Balaban J connectivity index is 2.39. The topological polar surface area (TPSA) is 0 Å². The Labute approximate surface area is 93.0 Å². The van der Waals surface area contributed by atoms with Crippen molar-refractivity contribution in [3.63, 3.8) is 0 Å². The smallest absolute Gasteiger partial charge is 0.0487 e. The van der Waals surface area contributed by atoms with Crippen LogP contribution in [0.3, 0.4) is 0 Å². The molecule has 0 nitrogen and oxygen atoms in total. The Morgan fingerprint density at radius 1 is 0.867 bits per heavy atom. The van der Waals surface area contributed by atoms with Gasteiger partial charge >= 0.3 is 0 Å². The number of hydrogen-bond acceptors (Lipinski definition) is 0. The lowest BCUT2D eigenvalue weighted by atomic mass is 10.1. The first-order valence-electron chi connectivity index (χ1n) is 5.52. The average Bonchev–Trinajstić information content (AvgIpc) is 2.15. The van der Waals surface area contributed by atoms with Crippen molar-refractivity contribution in [3.8, 4) is 0 Å². The Bertz CT molecular complexity index is 466. The van der Waals surface area contributed by atoms with Crippen molar-refractivity contribution >= 4 is 18.8 Å². The molecule has 0 atom stereocenters. The van der Waals surface area contributed by atoms with Crippen LogP contribution in [0.25, 0.3) is 10.8 Å². The molecule has 0 unspecified atom stereocenters. The van der Waals surface area contributed by atoms with E-state index in [0.717, 1.165) is 0 Å². The van der Waals surface area contributed by atoms with Gasteiger partial charge in [-0.1, -0.05) is 67.7 Å². The summed E-state index contributed by atoms with van der Waals surface area (Å²) in [6.07, 6.45) is 0. The lowest BCUT2D eigenvalue weighted by Crippen LogP contribution is -2.23. The van der Waals surface area contributed by atoms with Crippen molar-refractivity contribution in [3.05, 3.63) is 48.0 Å².